The first-order chi connectivity index (χ1) is 59.5. The fraction of sp³-hybridized carbons (Fsp3) is 0.927. The average molecular weight is 1780 g/mol. The van der Waals surface area contributed by atoms with Crippen LogP contribution < -0.4 is 10.6 Å². The van der Waals surface area contributed by atoms with Crippen LogP contribution in [0.25, 0.3) is 0 Å². The van der Waals surface area contributed by atoms with Gasteiger partial charge in [0.2, 0.25) is 11.8 Å². The summed E-state index contributed by atoms with van der Waals surface area (Å²) in [7, 11) is -5.66. The molecule has 2 amide bonds. The van der Waals surface area contributed by atoms with E-state index in [9.17, 15) is 63.9 Å². The maximum Gasteiger partial charge on any atom is 0.470 e. The van der Waals surface area contributed by atoms with Crippen LogP contribution in [-0.2, 0) is 80.5 Å². The summed E-state index contributed by atoms with van der Waals surface area (Å²) in [4.78, 5) is 120. The van der Waals surface area contributed by atoms with E-state index < -0.39 is 181 Å². The zero-order valence-corrected chi connectivity index (χ0v) is 78.8. The van der Waals surface area contributed by atoms with Gasteiger partial charge in [-0.05, 0) is 51.4 Å². The first kappa shape index (κ1) is 115. The van der Waals surface area contributed by atoms with Crippen LogP contribution in [-0.4, -0.2) is 183 Å². The molecule has 2 aliphatic rings. The van der Waals surface area contributed by atoms with Gasteiger partial charge in [-0.3, -0.25) is 33.3 Å². The molecule has 2 saturated heterocycles. The summed E-state index contributed by atoms with van der Waals surface area (Å²) in [6.45, 7) is 10.0. The predicted molar refractivity (Wildman–Crippen MR) is 481 cm³/mol. The van der Waals surface area contributed by atoms with Gasteiger partial charge in [-0.15, -0.1) is 0 Å². The molecule has 2 aliphatic heterocycles. The number of hydrogen-bond acceptors (Lipinski definition) is 21. The van der Waals surface area contributed by atoms with Crippen LogP contribution >= 0.6 is 7.82 Å². The van der Waals surface area contributed by atoms with Crippen molar-refractivity contribution in [3.8, 4) is 0 Å². The quantitative estimate of drug-likeness (QED) is 0.0118. The third-order valence-corrected chi connectivity index (χ3v) is 24.5. The van der Waals surface area contributed by atoms with E-state index >= 15 is 9.59 Å². The van der Waals surface area contributed by atoms with Gasteiger partial charge in [0.1, 0.15) is 55.3 Å². The van der Waals surface area contributed by atoms with Crippen LogP contribution in [0.4, 0.5) is 0 Å². The van der Waals surface area contributed by atoms with Crippen molar-refractivity contribution in [2.75, 3.05) is 19.8 Å². The Morgan fingerprint density at radius 2 is 0.659 bits per heavy atom. The number of phosphoric acid groups is 1. The van der Waals surface area contributed by atoms with Gasteiger partial charge in [-0.1, -0.05) is 375 Å². The Morgan fingerprint density at radius 3 is 1.02 bits per heavy atom. The number of amides is 2. The highest BCUT2D eigenvalue weighted by atomic mass is 31.2. The molecule has 0 aromatic carbocycles. The number of unbranched alkanes of at least 4 members (excludes halogenated alkanes) is 50. The van der Waals surface area contributed by atoms with Crippen molar-refractivity contribution in [2.24, 2.45) is 0 Å². The summed E-state index contributed by atoms with van der Waals surface area (Å²) >= 11 is 0. The zero-order chi connectivity index (χ0) is 90.2. The lowest BCUT2D eigenvalue weighted by molar-refractivity contribution is -0.304. The smallest absolute Gasteiger partial charge is 0.470 e. The minimum absolute atomic E-state index is 0.0922. The number of aliphatic carboxylic acids is 1. The van der Waals surface area contributed by atoms with E-state index in [2.05, 4.69) is 52.2 Å². The largest absolute Gasteiger partial charge is 0.480 e. The van der Waals surface area contributed by atoms with Gasteiger partial charge in [-0.2, -0.15) is 0 Å². The average Bonchev–Trinajstić information content (AvgIpc) is 0.778. The van der Waals surface area contributed by atoms with Crippen LogP contribution in [0, 0.1) is 0 Å². The minimum atomic E-state index is -5.66. The minimum Gasteiger partial charge on any atom is -0.480 e. The molecule has 2 heterocycles. The standard InChI is InChI=1S/C96H179N2O24P/c1-7-13-19-25-31-37-38-44-50-56-62-68-86(107)117-79(66-60-54-48-42-35-29-23-17-11-5)72-88(109)121-94-90(98-83(103)71-78(65-59-53-47-41-34-28-22-16-10-4)116-85(106)67-61-55-49-43-36-30-24-18-12-6)96(118-80(73-99)92(94)122-123(111,112)113)114-74-81-91(110)93(120-87(108)70-77(101)64-58-52-46-40-33-27-21-15-9-3)89(95(119-81)115-75-84(104)105)97-82(102)69-76(100)63-57-51-45-39-32-26-20-14-8-2/h76-81,89-96,99-101,110H,7-75H2,1-6H3,(H,97,102)(H,98,103)(H,104,105)(H2,111,112,113)/t76-,77-,78-,79-,80-,81-,89-,90-,91-,92-,93-,94-,95+,96-/m1/s1. The highest BCUT2D eigenvalue weighted by Gasteiger charge is 2.54. The topological polar surface area (TPSA) is 385 Å². The molecule has 0 radical (unpaired) electrons. The number of carbonyl (C=O) groups is 7. The van der Waals surface area contributed by atoms with E-state index in [1.165, 1.54) is 77.0 Å². The Labute approximate surface area is 743 Å². The number of carboxylic acids is 1. The maximum absolute atomic E-state index is 15.2. The number of carboxylic acid groups (broad SMARTS) is 1. The van der Waals surface area contributed by atoms with E-state index in [-0.39, 0.29) is 38.5 Å². The molecule has 0 aromatic heterocycles. The van der Waals surface area contributed by atoms with Crippen molar-refractivity contribution in [1.82, 2.24) is 10.6 Å². The lowest BCUT2D eigenvalue weighted by Gasteiger charge is -2.47. The molecule has 0 saturated carbocycles. The Hall–Kier alpha value is -3.92. The molecule has 0 aliphatic carbocycles. The van der Waals surface area contributed by atoms with Crippen LogP contribution in [0.1, 0.15) is 465 Å². The molecule has 2 fully saturated rings. The van der Waals surface area contributed by atoms with Crippen LogP contribution in [0.2, 0.25) is 0 Å². The second-order valence-electron chi connectivity index (χ2n) is 35.6. The fourth-order valence-electron chi connectivity index (χ4n) is 16.7. The number of phosphoric ester groups is 1. The maximum atomic E-state index is 15.2. The van der Waals surface area contributed by atoms with Crippen molar-refractivity contribution < 1.29 is 116 Å². The molecule has 123 heavy (non-hydrogen) atoms. The second kappa shape index (κ2) is 76.9. The molecule has 0 spiro atoms. The van der Waals surface area contributed by atoms with Gasteiger partial charge in [0, 0.05) is 12.8 Å². The first-order valence-corrected chi connectivity index (χ1v) is 51.6. The molecule has 0 unspecified atom stereocenters. The van der Waals surface area contributed by atoms with Crippen molar-refractivity contribution in [3.05, 3.63) is 0 Å². The number of hydrogen-bond donors (Lipinski definition) is 9. The number of ether oxygens (including phenoxy) is 8. The monoisotopic (exact) mass is 1780 g/mol. The van der Waals surface area contributed by atoms with Gasteiger partial charge < -0.3 is 83.8 Å². The normalized spacial score (nSPS) is 20.2. The highest BCUT2D eigenvalue weighted by molar-refractivity contribution is 7.46. The molecule has 26 nitrogen and oxygen atoms in total. The van der Waals surface area contributed by atoms with Crippen LogP contribution in [0.3, 0.4) is 0 Å². The molecule has 2 rings (SSSR count). The van der Waals surface area contributed by atoms with E-state index in [4.69, 9.17) is 42.4 Å². The van der Waals surface area contributed by atoms with Gasteiger partial charge in [-0.25, -0.2) is 9.36 Å². The third-order valence-electron chi connectivity index (χ3n) is 24.0. The SMILES string of the molecule is CCCCCCCCCCCCCC(=O)O[C@H](CCCCCCCCCCC)CC(=O)O[C@@H]1[C@@H](NC(=O)C[C@@H](CCCCCCCCCCC)OC(=O)CCCCCCCCCCC)[C@H](OC[C@H]2O[C@H](OCC(=O)O)[C@H](NC(=O)C[C@H](O)CCCCCCCCCCC)[C@@H](OC(=O)C[C@H](O)CCCCCCCCCCC)[C@@H]2O)O[C@H](CO)[C@H]1OP(=O)(O)O. The van der Waals surface area contributed by atoms with E-state index in [1.807, 2.05) is 0 Å². The molecule has 0 aromatic rings. The summed E-state index contributed by atoms with van der Waals surface area (Å²) in [5, 5.41) is 61.9. The molecule has 722 valence electrons. The Kier molecular flexibility index (Phi) is 72.0. The van der Waals surface area contributed by atoms with E-state index in [0.29, 0.717) is 38.5 Å². The summed E-state index contributed by atoms with van der Waals surface area (Å²) < 4.78 is 68.2. The molecular formula is C96H179N2O24P. The van der Waals surface area contributed by atoms with Crippen LogP contribution in [0.15, 0.2) is 0 Å². The van der Waals surface area contributed by atoms with Crippen LogP contribution in [0.5, 0.6) is 0 Å². The lowest BCUT2D eigenvalue weighted by Crippen LogP contribution is -2.68. The van der Waals surface area contributed by atoms with Crippen molar-refractivity contribution in [2.45, 2.75) is 551 Å². The van der Waals surface area contributed by atoms with Gasteiger partial charge in [0.25, 0.3) is 0 Å². The molecule has 27 heteroatoms. The Morgan fingerprint density at radius 1 is 0.358 bits per heavy atom. The number of esters is 4. The third kappa shape index (κ3) is 61.3. The van der Waals surface area contributed by atoms with Crippen molar-refractivity contribution >= 4 is 49.5 Å². The van der Waals surface area contributed by atoms with Gasteiger partial charge in [0.05, 0.1) is 51.1 Å². The summed E-state index contributed by atoms with van der Waals surface area (Å²) in [5.41, 5.74) is 0. The number of aliphatic hydroxyl groups excluding tert-OH is 4. The predicted octanol–water partition coefficient (Wildman–Crippen LogP) is 20.6. The summed E-state index contributed by atoms with van der Waals surface area (Å²) in [5.74, 6) is -6.23. The zero-order valence-electron chi connectivity index (χ0n) is 77.9. The number of carbonyl (C=O) groups excluding carboxylic acids is 6. The number of rotatable bonds is 85. The lowest BCUT2D eigenvalue weighted by atomic mass is 9.95. The molecular weight excluding hydrogens is 1600 g/mol. The first-order valence-electron chi connectivity index (χ1n) is 50.0. The van der Waals surface area contributed by atoms with E-state index in [0.717, 1.165) is 244 Å². The molecule has 0 bridgehead atoms. The second-order valence-corrected chi connectivity index (χ2v) is 36.8. The summed E-state index contributed by atoms with van der Waals surface area (Å²) in [6, 6.07) is -3.55. The molecule has 9 N–H and O–H groups in total. The molecule has 14 atom stereocenters. The Bertz CT molecular complexity index is 2660. The van der Waals surface area contributed by atoms with Crippen molar-refractivity contribution in [3.63, 3.8) is 0 Å². The Balaban J connectivity index is 2.84. The van der Waals surface area contributed by atoms with E-state index in [1.54, 1.807) is 0 Å². The van der Waals surface area contributed by atoms with Gasteiger partial charge in [0.15, 0.2) is 24.8 Å². The summed E-state index contributed by atoms with van der Waals surface area (Å²) in [6.07, 6.45) is 36.4. The highest BCUT2D eigenvalue weighted by Crippen LogP contribution is 2.43. The number of aliphatic hydroxyl groups is 4. The fourth-order valence-corrected chi connectivity index (χ4v) is 17.2. The van der Waals surface area contributed by atoms with Crippen molar-refractivity contribution in [1.29, 1.82) is 0 Å². The number of nitrogens with one attached hydrogen (secondary N) is 2. The van der Waals surface area contributed by atoms with Gasteiger partial charge >= 0.3 is 37.7 Å².